The Balaban J connectivity index is 1.36. The molecule has 0 amide bonds. The fraction of sp³-hybridized carbons (Fsp3) is 0.135. The molecule has 0 bridgehead atoms. The van der Waals surface area contributed by atoms with Crippen LogP contribution in [0.5, 0.6) is 0 Å². The number of aromatic nitrogens is 4. The highest BCUT2D eigenvalue weighted by molar-refractivity contribution is 6.10. The summed E-state index contributed by atoms with van der Waals surface area (Å²) < 4.78 is 4.48. The third-order valence-electron chi connectivity index (χ3n) is 11.5. The van der Waals surface area contributed by atoms with E-state index in [0.717, 1.165) is 67.0 Å². The summed E-state index contributed by atoms with van der Waals surface area (Å²) in [5.41, 5.74) is 12.1. The van der Waals surface area contributed by atoms with Crippen LogP contribution in [0.2, 0.25) is 0 Å². The average molecular weight is 738 g/mol. The molecular weight excluding hydrogens is 695 g/mol. The number of hydrogen-bond donors (Lipinski definition) is 0. The van der Waals surface area contributed by atoms with Gasteiger partial charge in [0.25, 0.3) is 0 Å². The van der Waals surface area contributed by atoms with E-state index in [9.17, 15) is 5.26 Å². The number of aryl methyl sites for hydroxylation is 2. The summed E-state index contributed by atoms with van der Waals surface area (Å²) in [6.07, 6.45) is 5.86. The van der Waals surface area contributed by atoms with E-state index >= 15 is 0 Å². The van der Waals surface area contributed by atoms with E-state index in [4.69, 9.17) is 9.97 Å². The summed E-state index contributed by atoms with van der Waals surface area (Å²) in [6.45, 7) is 11.0. The summed E-state index contributed by atoms with van der Waals surface area (Å²) in [7, 11) is 0. The quantitative estimate of drug-likeness (QED) is 0.153. The third kappa shape index (κ3) is 5.93. The molecule has 9 rings (SSSR count). The molecule has 0 saturated carbocycles. The van der Waals surface area contributed by atoms with E-state index in [1.807, 2.05) is 24.5 Å². The zero-order valence-electron chi connectivity index (χ0n) is 32.9. The lowest BCUT2D eigenvalue weighted by molar-refractivity contribution is 0.588. The van der Waals surface area contributed by atoms with Gasteiger partial charge < -0.3 is 0 Å². The van der Waals surface area contributed by atoms with Crippen molar-refractivity contribution in [3.63, 3.8) is 0 Å². The molecule has 9 aromatic rings. The Hall–Kier alpha value is -7.03. The number of nitrogens with zero attached hydrogens (tertiary/aromatic N) is 5. The molecule has 0 spiro atoms. The second kappa shape index (κ2) is 13.9. The summed E-state index contributed by atoms with van der Waals surface area (Å²) >= 11 is 0. The molecule has 3 aromatic heterocycles. The minimum atomic E-state index is -0.734. The van der Waals surface area contributed by atoms with Crippen molar-refractivity contribution < 1.29 is 0 Å². The number of imidazole rings is 1. The Morgan fingerprint density at radius 1 is 0.544 bits per heavy atom. The molecule has 6 aromatic carbocycles. The van der Waals surface area contributed by atoms with Crippen molar-refractivity contribution in [2.45, 2.75) is 45.4 Å². The molecule has 57 heavy (non-hydrogen) atoms. The Kier molecular flexibility index (Phi) is 8.71. The van der Waals surface area contributed by atoms with Gasteiger partial charge in [0.15, 0.2) is 0 Å². The van der Waals surface area contributed by atoms with Crippen LogP contribution in [0.4, 0.5) is 0 Å². The second-order valence-corrected chi connectivity index (χ2v) is 16.0. The van der Waals surface area contributed by atoms with Gasteiger partial charge in [-0.2, -0.15) is 5.26 Å². The molecule has 276 valence electrons. The highest BCUT2D eigenvalue weighted by Gasteiger charge is 2.39. The van der Waals surface area contributed by atoms with Gasteiger partial charge in [0, 0.05) is 34.9 Å². The van der Waals surface area contributed by atoms with E-state index in [1.165, 1.54) is 16.7 Å². The van der Waals surface area contributed by atoms with Crippen LogP contribution in [-0.2, 0) is 10.8 Å². The van der Waals surface area contributed by atoms with Crippen molar-refractivity contribution in [1.29, 1.82) is 5.26 Å². The molecule has 0 radical (unpaired) electrons. The summed E-state index contributed by atoms with van der Waals surface area (Å²) in [4.78, 5) is 9.94. The molecule has 0 aliphatic rings. The smallest absolute Gasteiger partial charge is 0.144 e. The standard InChI is InChI=1S/C52H43N5/c1-35-14-12-15-36(2)49(35)56-29-28-55-50(56)38-16-13-21-42(31-38)52(39-17-8-6-9-18-39,40-19-10-7-11-20-40)43-23-24-44-45-30-37(34-53)22-25-46(45)57(47(44)32-43)48-33-41(26-27-54-48)51(3,4)5/h6-33H,1-5H3. The Labute approximate surface area is 334 Å². The highest BCUT2D eigenvalue weighted by atomic mass is 15.1. The molecule has 3 heterocycles. The molecule has 5 heteroatoms. The Morgan fingerprint density at radius 2 is 1.21 bits per heavy atom. The number of rotatable bonds is 7. The average Bonchev–Trinajstić information content (AvgIpc) is 3.84. The van der Waals surface area contributed by atoms with E-state index in [1.54, 1.807) is 0 Å². The molecule has 0 saturated heterocycles. The van der Waals surface area contributed by atoms with E-state index in [-0.39, 0.29) is 5.41 Å². The number of nitriles is 1. The van der Waals surface area contributed by atoms with Gasteiger partial charge in [0.1, 0.15) is 11.6 Å². The van der Waals surface area contributed by atoms with Gasteiger partial charge in [-0.3, -0.25) is 9.13 Å². The lowest BCUT2D eigenvalue weighted by Crippen LogP contribution is -2.31. The maximum atomic E-state index is 9.97. The maximum Gasteiger partial charge on any atom is 0.144 e. The molecule has 0 atom stereocenters. The summed E-state index contributed by atoms with van der Waals surface area (Å²) in [6, 6.07) is 56.5. The van der Waals surface area contributed by atoms with Crippen molar-refractivity contribution in [2.75, 3.05) is 0 Å². The van der Waals surface area contributed by atoms with Gasteiger partial charge in [0.05, 0.1) is 33.8 Å². The number of pyridine rings is 1. The van der Waals surface area contributed by atoms with Gasteiger partial charge in [-0.15, -0.1) is 0 Å². The number of benzene rings is 6. The van der Waals surface area contributed by atoms with Crippen LogP contribution in [0, 0.1) is 25.2 Å². The summed E-state index contributed by atoms with van der Waals surface area (Å²) in [5, 5.41) is 12.1. The van der Waals surface area contributed by atoms with Gasteiger partial charge in [0.2, 0.25) is 0 Å². The number of para-hydroxylation sites is 1. The minimum Gasteiger partial charge on any atom is -0.299 e. The van der Waals surface area contributed by atoms with Crippen LogP contribution in [0.15, 0.2) is 170 Å². The lowest BCUT2D eigenvalue weighted by Gasteiger charge is -2.37. The number of fused-ring (bicyclic) bond motifs is 3. The van der Waals surface area contributed by atoms with E-state index in [0.29, 0.717) is 5.56 Å². The lowest BCUT2D eigenvalue weighted by atomic mass is 9.65. The first-order valence-corrected chi connectivity index (χ1v) is 19.5. The van der Waals surface area contributed by atoms with E-state index < -0.39 is 5.41 Å². The molecule has 0 aliphatic carbocycles. The molecule has 0 fully saturated rings. The first-order valence-electron chi connectivity index (χ1n) is 19.5. The largest absolute Gasteiger partial charge is 0.299 e. The Bertz CT molecular complexity index is 2910. The first kappa shape index (κ1) is 35.7. The van der Waals surface area contributed by atoms with E-state index in [2.05, 4.69) is 196 Å². The fourth-order valence-electron chi connectivity index (χ4n) is 8.73. The third-order valence-corrected chi connectivity index (χ3v) is 11.5. The van der Waals surface area contributed by atoms with Crippen LogP contribution < -0.4 is 0 Å². The normalized spacial score (nSPS) is 11.9. The molecule has 0 N–H and O–H groups in total. The van der Waals surface area contributed by atoms with Crippen molar-refractivity contribution >= 4 is 21.8 Å². The van der Waals surface area contributed by atoms with Gasteiger partial charge >= 0.3 is 0 Å². The molecule has 0 unspecified atom stereocenters. The predicted molar refractivity (Wildman–Crippen MR) is 232 cm³/mol. The van der Waals surface area contributed by atoms with Crippen LogP contribution in [0.25, 0.3) is 44.7 Å². The van der Waals surface area contributed by atoms with Crippen molar-refractivity contribution in [3.05, 3.63) is 215 Å². The van der Waals surface area contributed by atoms with Crippen LogP contribution in [-0.4, -0.2) is 19.1 Å². The molecule has 0 aliphatic heterocycles. The van der Waals surface area contributed by atoms with Crippen LogP contribution >= 0.6 is 0 Å². The zero-order valence-corrected chi connectivity index (χ0v) is 32.9. The second-order valence-electron chi connectivity index (χ2n) is 16.0. The van der Waals surface area contributed by atoms with Crippen LogP contribution in [0.1, 0.15) is 65.3 Å². The highest BCUT2D eigenvalue weighted by Crippen LogP contribution is 2.47. The maximum absolute atomic E-state index is 9.97. The summed E-state index contributed by atoms with van der Waals surface area (Å²) in [5.74, 6) is 1.73. The van der Waals surface area contributed by atoms with Gasteiger partial charge in [-0.1, -0.05) is 130 Å². The van der Waals surface area contributed by atoms with Crippen LogP contribution in [0.3, 0.4) is 0 Å². The predicted octanol–water partition coefficient (Wildman–Crippen LogP) is 12.2. The van der Waals surface area contributed by atoms with Crippen molar-refractivity contribution in [1.82, 2.24) is 19.1 Å². The SMILES string of the molecule is Cc1cccc(C)c1-n1ccnc1-c1cccc(C(c2ccccc2)(c2ccccc2)c2ccc3c4cc(C#N)ccc4n(-c4cc(C(C)(C)C)ccn4)c3c2)c1. The monoisotopic (exact) mass is 737 g/mol. The van der Waals surface area contributed by atoms with Crippen molar-refractivity contribution in [3.8, 4) is 29.0 Å². The number of hydrogen-bond acceptors (Lipinski definition) is 3. The zero-order chi connectivity index (χ0) is 39.3. The van der Waals surface area contributed by atoms with Gasteiger partial charge in [-0.05, 0) is 101 Å². The molecular formula is C52H43N5. The Morgan fingerprint density at radius 3 is 1.89 bits per heavy atom. The fourth-order valence-corrected chi connectivity index (χ4v) is 8.73. The minimum absolute atomic E-state index is 0.0665. The van der Waals surface area contributed by atoms with Gasteiger partial charge in [-0.25, -0.2) is 9.97 Å². The van der Waals surface area contributed by atoms with Crippen molar-refractivity contribution in [2.24, 2.45) is 0 Å². The molecule has 5 nitrogen and oxygen atoms in total. The topological polar surface area (TPSA) is 59.4 Å². The first-order chi connectivity index (χ1) is 27.7.